The number of hydrogen-bond donors (Lipinski definition) is 0. The number of pyridine rings is 1. The van der Waals surface area contributed by atoms with Crippen molar-refractivity contribution in [3.63, 3.8) is 0 Å². The highest BCUT2D eigenvalue weighted by Crippen LogP contribution is 2.63. The Morgan fingerprint density at radius 3 is 2.45 bits per heavy atom. The summed E-state index contributed by atoms with van der Waals surface area (Å²) < 4.78 is 17.3. The summed E-state index contributed by atoms with van der Waals surface area (Å²) >= 11 is 0. The number of rotatable bonds is 3. The standard InChI is InChI=1S/C24H27FN2O2/c25-24-13-16-8-17(14-24)12-23(11-16,15-24)21(28)20-10-18(9-19-4-3-7-27(19)20)22(29)26-5-1-2-6-26/h3-4,7,9-10,16-17H,1-2,5-6,8,11-15H2. The molecule has 3 heterocycles. The Morgan fingerprint density at radius 2 is 1.76 bits per heavy atom. The number of Topliss-reactive ketones (excluding diaryl/α,β-unsaturated/α-hetero) is 1. The van der Waals surface area contributed by atoms with E-state index in [4.69, 9.17) is 0 Å². The number of amides is 1. The number of halogens is 1. The van der Waals surface area contributed by atoms with Crippen molar-refractivity contribution in [1.82, 2.24) is 9.30 Å². The smallest absolute Gasteiger partial charge is 0.254 e. The monoisotopic (exact) mass is 394 g/mol. The van der Waals surface area contributed by atoms with Gasteiger partial charge in [0.25, 0.3) is 5.91 Å². The summed E-state index contributed by atoms with van der Waals surface area (Å²) in [5, 5.41) is 0. The van der Waals surface area contributed by atoms with E-state index in [1.54, 1.807) is 6.07 Å². The van der Waals surface area contributed by atoms with Gasteiger partial charge in [-0.2, -0.15) is 0 Å². The first kappa shape index (κ1) is 17.7. The predicted molar refractivity (Wildman–Crippen MR) is 108 cm³/mol. The van der Waals surface area contributed by atoms with Crippen LogP contribution in [0.1, 0.15) is 72.2 Å². The lowest BCUT2D eigenvalue weighted by molar-refractivity contribution is -0.105. The van der Waals surface area contributed by atoms with Crippen molar-refractivity contribution in [1.29, 1.82) is 0 Å². The molecule has 5 fully saturated rings. The lowest BCUT2D eigenvalue weighted by atomic mass is 9.47. The summed E-state index contributed by atoms with van der Waals surface area (Å²) in [6.45, 7) is 1.57. The summed E-state index contributed by atoms with van der Waals surface area (Å²) in [6, 6.07) is 7.51. The second-order valence-corrected chi connectivity index (χ2v) is 10.2. The van der Waals surface area contributed by atoms with Crippen molar-refractivity contribution in [2.45, 2.75) is 57.0 Å². The number of aromatic nitrogens is 1. The Labute approximate surface area is 170 Å². The van der Waals surface area contributed by atoms with Crippen LogP contribution in [0.2, 0.25) is 0 Å². The molecule has 1 saturated heterocycles. The van der Waals surface area contributed by atoms with Crippen molar-refractivity contribution in [3.8, 4) is 0 Å². The molecule has 0 spiro atoms. The number of likely N-dealkylation sites (tertiary alicyclic amines) is 1. The van der Waals surface area contributed by atoms with Crippen LogP contribution >= 0.6 is 0 Å². The van der Waals surface area contributed by atoms with E-state index in [-0.39, 0.29) is 11.7 Å². The van der Waals surface area contributed by atoms with Gasteiger partial charge < -0.3 is 9.30 Å². The molecule has 2 aromatic rings. The third-order valence-corrected chi connectivity index (χ3v) is 7.98. The van der Waals surface area contributed by atoms with E-state index in [0.29, 0.717) is 42.4 Å². The zero-order valence-corrected chi connectivity index (χ0v) is 16.7. The average Bonchev–Trinajstić information content (AvgIpc) is 3.35. The van der Waals surface area contributed by atoms with Crippen LogP contribution in [0.4, 0.5) is 4.39 Å². The molecule has 2 aromatic heterocycles. The first-order valence-electron chi connectivity index (χ1n) is 11.1. The van der Waals surface area contributed by atoms with Crippen LogP contribution in [0.5, 0.6) is 0 Å². The van der Waals surface area contributed by atoms with Crippen molar-refractivity contribution in [2.24, 2.45) is 17.3 Å². The maximum Gasteiger partial charge on any atom is 0.254 e. The van der Waals surface area contributed by atoms with Crippen LogP contribution in [-0.2, 0) is 0 Å². The molecular weight excluding hydrogens is 367 g/mol. The minimum Gasteiger partial charge on any atom is -0.339 e. The van der Waals surface area contributed by atoms with Crippen molar-refractivity contribution >= 4 is 17.2 Å². The summed E-state index contributed by atoms with van der Waals surface area (Å²) in [5.74, 6) is 0.721. The highest BCUT2D eigenvalue weighted by atomic mass is 19.1. The number of carbonyl (C=O) groups excluding carboxylic acids is 2. The number of ketones is 1. The minimum atomic E-state index is -1.17. The zero-order chi connectivity index (χ0) is 19.8. The molecule has 2 unspecified atom stereocenters. The van der Waals surface area contributed by atoms with E-state index in [1.165, 1.54) is 0 Å². The minimum absolute atomic E-state index is 0.00715. The lowest BCUT2D eigenvalue weighted by Gasteiger charge is -2.58. The number of hydrogen-bond acceptors (Lipinski definition) is 2. The molecule has 0 radical (unpaired) electrons. The highest BCUT2D eigenvalue weighted by Gasteiger charge is 2.61. The first-order valence-corrected chi connectivity index (χ1v) is 11.1. The van der Waals surface area contributed by atoms with Gasteiger partial charge in [0.15, 0.2) is 5.78 Å². The molecule has 0 aromatic carbocycles. The van der Waals surface area contributed by atoms with E-state index in [9.17, 15) is 9.59 Å². The molecule has 152 valence electrons. The average molecular weight is 394 g/mol. The van der Waals surface area contributed by atoms with Gasteiger partial charge in [-0.1, -0.05) is 0 Å². The van der Waals surface area contributed by atoms with Crippen LogP contribution in [0, 0.1) is 17.3 Å². The summed E-state index contributed by atoms with van der Waals surface area (Å²) in [5.41, 5.74) is 0.240. The van der Waals surface area contributed by atoms with Gasteiger partial charge in [-0.15, -0.1) is 0 Å². The van der Waals surface area contributed by atoms with Gasteiger partial charge in [0.2, 0.25) is 0 Å². The molecule has 1 aliphatic heterocycles. The number of fused-ring (bicyclic) bond motifs is 1. The second-order valence-electron chi connectivity index (χ2n) is 10.2. The molecule has 5 heteroatoms. The molecule has 0 N–H and O–H groups in total. The van der Waals surface area contributed by atoms with Crippen LogP contribution in [0.15, 0.2) is 30.5 Å². The number of carbonyl (C=O) groups is 2. The fourth-order valence-electron chi connectivity index (χ4n) is 7.24. The predicted octanol–water partition coefficient (Wildman–Crippen LogP) is 4.67. The lowest BCUT2D eigenvalue weighted by Crippen LogP contribution is -2.56. The summed E-state index contributed by atoms with van der Waals surface area (Å²) in [6.07, 6.45) is 8.27. The zero-order valence-electron chi connectivity index (χ0n) is 16.7. The van der Waals surface area contributed by atoms with Crippen LogP contribution in [-0.4, -0.2) is 39.7 Å². The van der Waals surface area contributed by atoms with Crippen LogP contribution in [0.25, 0.3) is 5.52 Å². The second kappa shape index (κ2) is 5.93. The Morgan fingerprint density at radius 1 is 1.03 bits per heavy atom. The van der Waals surface area contributed by atoms with Crippen LogP contribution in [0.3, 0.4) is 0 Å². The molecule has 4 nitrogen and oxygen atoms in total. The Balaban J connectivity index is 1.43. The van der Waals surface area contributed by atoms with Crippen molar-refractivity contribution < 1.29 is 14.0 Å². The van der Waals surface area contributed by atoms with Gasteiger partial charge in [-0.05, 0) is 87.5 Å². The number of nitrogens with zero attached hydrogens (tertiary/aromatic N) is 2. The quantitative estimate of drug-likeness (QED) is 0.710. The van der Waals surface area contributed by atoms with Gasteiger partial charge in [0, 0.05) is 35.8 Å². The van der Waals surface area contributed by atoms with Crippen molar-refractivity contribution in [2.75, 3.05) is 13.1 Å². The third kappa shape index (κ3) is 2.62. The molecule has 2 atom stereocenters. The number of alkyl halides is 1. The third-order valence-electron chi connectivity index (χ3n) is 7.98. The van der Waals surface area contributed by atoms with Gasteiger partial charge in [0.1, 0.15) is 5.67 Å². The largest absolute Gasteiger partial charge is 0.339 e. The highest BCUT2D eigenvalue weighted by molar-refractivity contribution is 6.03. The van der Waals surface area contributed by atoms with Gasteiger partial charge in [0.05, 0.1) is 5.69 Å². The van der Waals surface area contributed by atoms with E-state index in [2.05, 4.69) is 0 Å². The maximum atomic E-state index is 15.5. The molecule has 4 aliphatic carbocycles. The van der Waals surface area contributed by atoms with Gasteiger partial charge in [-0.3, -0.25) is 9.59 Å². The fourth-order valence-corrected chi connectivity index (χ4v) is 7.24. The molecule has 1 amide bonds. The molecule has 4 saturated carbocycles. The van der Waals surface area contributed by atoms with Crippen LogP contribution < -0.4 is 0 Å². The Hall–Kier alpha value is -2.17. The summed E-state index contributed by atoms with van der Waals surface area (Å²) in [4.78, 5) is 28.8. The molecule has 4 bridgehead atoms. The van der Waals surface area contributed by atoms with Crippen molar-refractivity contribution in [3.05, 3.63) is 41.7 Å². The normalized spacial score (nSPS) is 35.6. The van der Waals surface area contributed by atoms with E-state index in [0.717, 1.165) is 50.7 Å². The molecular formula is C24H27FN2O2. The topological polar surface area (TPSA) is 41.8 Å². The maximum absolute atomic E-state index is 15.5. The van der Waals surface area contributed by atoms with E-state index >= 15 is 4.39 Å². The SMILES string of the molecule is O=C(c1cc(C(=O)C23CC4CC(CC(F)(C4)C2)C3)n2cccc2c1)N1CCCC1. The fraction of sp³-hybridized carbons (Fsp3) is 0.583. The summed E-state index contributed by atoms with van der Waals surface area (Å²) in [7, 11) is 0. The molecule has 7 rings (SSSR count). The Kier molecular flexibility index (Phi) is 3.61. The van der Waals surface area contributed by atoms with E-state index in [1.807, 2.05) is 33.7 Å². The first-order chi connectivity index (χ1) is 13.9. The molecule has 5 aliphatic rings. The van der Waals surface area contributed by atoms with Gasteiger partial charge in [-0.25, -0.2) is 4.39 Å². The Bertz CT molecular complexity index is 1010. The van der Waals surface area contributed by atoms with E-state index < -0.39 is 11.1 Å². The molecule has 29 heavy (non-hydrogen) atoms. The van der Waals surface area contributed by atoms with Gasteiger partial charge >= 0.3 is 0 Å².